The van der Waals surface area contributed by atoms with Crippen molar-refractivity contribution in [3.8, 4) is 11.9 Å². The SMILES string of the molecule is CC1=C2C(=O)[N+](C)([O-])c3cc(C#N)ccc3[C@@H]2c2c(OCCN3CC(F)(F)C3)ncc(C)c2N1. The summed E-state index contributed by atoms with van der Waals surface area (Å²) in [6.45, 7) is 3.50. The molecule has 1 N–H and O–H groups in total. The fraction of sp³-hybridized carbons (Fsp3) is 0.375. The summed E-state index contributed by atoms with van der Waals surface area (Å²) in [7, 11) is 1.27. The van der Waals surface area contributed by atoms with E-state index in [0.29, 0.717) is 28.9 Å². The van der Waals surface area contributed by atoms with Crippen LogP contribution in [0.15, 0.2) is 35.7 Å². The van der Waals surface area contributed by atoms with Crippen LogP contribution in [-0.2, 0) is 4.79 Å². The number of hydrogen-bond donors (Lipinski definition) is 1. The number of alkyl halides is 2. The fourth-order valence-corrected chi connectivity index (χ4v) is 4.97. The Kier molecular flexibility index (Phi) is 4.98. The zero-order valence-corrected chi connectivity index (χ0v) is 19.0. The van der Waals surface area contributed by atoms with Crippen LogP contribution in [0, 0.1) is 23.5 Å². The van der Waals surface area contributed by atoms with Crippen molar-refractivity contribution < 1.29 is 18.3 Å². The van der Waals surface area contributed by atoms with Gasteiger partial charge in [-0.25, -0.2) is 18.6 Å². The molecule has 5 rings (SSSR count). The number of anilines is 1. The summed E-state index contributed by atoms with van der Waals surface area (Å²) >= 11 is 0. The number of amides is 1. The molecule has 1 saturated heterocycles. The van der Waals surface area contributed by atoms with E-state index in [0.717, 1.165) is 11.3 Å². The molecule has 3 aliphatic heterocycles. The van der Waals surface area contributed by atoms with Crippen molar-refractivity contribution in [2.45, 2.75) is 25.7 Å². The molecule has 2 aromatic rings. The van der Waals surface area contributed by atoms with Gasteiger partial charge in [0.05, 0.1) is 54.5 Å². The number of likely N-dealkylation sites (N-methyl/N-ethyl adjacent to an activating group) is 1. The highest BCUT2D eigenvalue weighted by atomic mass is 19.3. The third-order valence-corrected chi connectivity index (χ3v) is 6.67. The first kappa shape index (κ1) is 22.4. The Bertz CT molecular complexity index is 1290. The Morgan fingerprint density at radius 1 is 1.38 bits per heavy atom. The summed E-state index contributed by atoms with van der Waals surface area (Å²) in [6.07, 6.45) is 1.65. The van der Waals surface area contributed by atoms with Crippen molar-refractivity contribution in [3.63, 3.8) is 0 Å². The minimum atomic E-state index is -2.65. The number of fused-ring (bicyclic) bond motifs is 5. The van der Waals surface area contributed by atoms with Crippen molar-refractivity contribution in [2.24, 2.45) is 0 Å². The Balaban J connectivity index is 1.59. The van der Waals surface area contributed by atoms with Gasteiger partial charge in [-0.05, 0) is 25.5 Å². The zero-order valence-electron chi connectivity index (χ0n) is 19.0. The average Bonchev–Trinajstić information content (AvgIpc) is 2.77. The van der Waals surface area contributed by atoms with Gasteiger partial charge in [0.25, 0.3) is 5.92 Å². The quantitative estimate of drug-likeness (QED) is 0.543. The summed E-state index contributed by atoms with van der Waals surface area (Å²) in [5, 5.41) is 26.0. The number of aryl methyl sites for hydroxylation is 1. The second kappa shape index (κ2) is 7.56. The maximum atomic E-state index is 13.5. The van der Waals surface area contributed by atoms with Gasteiger partial charge in [0.1, 0.15) is 12.3 Å². The molecule has 0 aliphatic carbocycles. The topological polar surface area (TPSA) is 101 Å². The standard InChI is InChI=1S/C24H23F2N5O3/c1-13-10-28-22(34-7-6-30-11-24(25,26)12-30)20-19-16-5-4-15(9-27)8-17(16)31(3,33)23(32)18(19)14(2)29-21(13)20/h4-5,8,10,19,29H,6-7,11-12H2,1-3H3/t19-,31?/m0/s1. The van der Waals surface area contributed by atoms with Gasteiger partial charge in [-0.1, -0.05) is 6.07 Å². The maximum absolute atomic E-state index is 13.5. The number of ether oxygens (including phenoxy) is 1. The summed E-state index contributed by atoms with van der Waals surface area (Å²) in [5.74, 6) is -3.61. The lowest BCUT2D eigenvalue weighted by Crippen LogP contribution is -2.57. The number of nitrogens with one attached hydrogen (secondary N) is 1. The molecule has 176 valence electrons. The predicted molar refractivity (Wildman–Crippen MR) is 121 cm³/mol. The van der Waals surface area contributed by atoms with Gasteiger partial charge in [0.15, 0.2) is 0 Å². The number of benzene rings is 1. The molecule has 1 fully saturated rings. The number of nitrogens with zero attached hydrogens (tertiary/aromatic N) is 4. The van der Waals surface area contributed by atoms with Crippen LogP contribution in [0.1, 0.15) is 35.1 Å². The van der Waals surface area contributed by atoms with Crippen LogP contribution in [0.5, 0.6) is 5.88 Å². The molecule has 1 unspecified atom stereocenters. The molecule has 10 heteroatoms. The van der Waals surface area contributed by atoms with Crippen LogP contribution in [0.3, 0.4) is 0 Å². The monoisotopic (exact) mass is 467 g/mol. The van der Waals surface area contributed by atoms with Crippen molar-refractivity contribution >= 4 is 17.3 Å². The Morgan fingerprint density at radius 2 is 2.12 bits per heavy atom. The first-order valence-corrected chi connectivity index (χ1v) is 10.9. The van der Waals surface area contributed by atoms with Crippen molar-refractivity contribution in [1.82, 2.24) is 14.5 Å². The summed E-state index contributed by atoms with van der Waals surface area (Å²) in [6, 6.07) is 6.81. The minimum absolute atomic E-state index is 0.146. The van der Waals surface area contributed by atoms with Gasteiger partial charge < -0.3 is 15.3 Å². The smallest absolute Gasteiger partial charge is 0.349 e. The number of hydrogen-bond acceptors (Lipinski definition) is 7. The predicted octanol–water partition coefficient (Wildman–Crippen LogP) is 3.40. The van der Waals surface area contributed by atoms with E-state index in [1.165, 1.54) is 13.1 Å². The average molecular weight is 467 g/mol. The second-order valence-electron chi connectivity index (χ2n) is 9.16. The highest BCUT2D eigenvalue weighted by Crippen LogP contribution is 2.53. The summed E-state index contributed by atoms with van der Waals surface area (Å²) in [5.41, 5.74) is 4.17. The number of carbonyl (C=O) groups is 1. The highest BCUT2D eigenvalue weighted by Gasteiger charge is 2.49. The first-order valence-electron chi connectivity index (χ1n) is 10.9. The molecule has 0 bridgehead atoms. The van der Waals surface area contributed by atoms with E-state index in [1.807, 2.05) is 13.0 Å². The number of rotatable bonds is 4. The molecule has 1 aromatic carbocycles. The highest BCUT2D eigenvalue weighted by molar-refractivity contribution is 6.09. The number of aromatic nitrogens is 1. The van der Waals surface area contributed by atoms with E-state index in [4.69, 9.17) is 4.74 Å². The van der Waals surface area contributed by atoms with Crippen LogP contribution >= 0.6 is 0 Å². The van der Waals surface area contributed by atoms with E-state index < -0.39 is 22.4 Å². The number of halogens is 2. The number of quaternary nitrogens is 1. The number of allylic oxidation sites excluding steroid dienone is 1. The lowest BCUT2D eigenvalue weighted by molar-refractivity contribution is -0.132. The Labute approximate surface area is 195 Å². The molecule has 34 heavy (non-hydrogen) atoms. The fourth-order valence-electron chi connectivity index (χ4n) is 4.97. The molecule has 8 nitrogen and oxygen atoms in total. The van der Waals surface area contributed by atoms with E-state index in [2.05, 4.69) is 10.3 Å². The molecule has 0 spiro atoms. The minimum Gasteiger partial charge on any atom is -0.620 e. The van der Waals surface area contributed by atoms with E-state index >= 15 is 0 Å². The Hall–Kier alpha value is -3.39. The molecular weight excluding hydrogens is 444 g/mol. The van der Waals surface area contributed by atoms with Gasteiger partial charge in [0.2, 0.25) is 5.88 Å². The van der Waals surface area contributed by atoms with Gasteiger partial charge in [-0.3, -0.25) is 9.55 Å². The normalized spacial score (nSPS) is 24.9. The number of pyridine rings is 1. The van der Waals surface area contributed by atoms with Crippen molar-refractivity contribution in [2.75, 3.05) is 38.6 Å². The van der Waals surface area contributed by atoms with Crippen LogP contribution in [0.25, 0.3) is 0 Å². The second-order valence-corrected chi connectivity index (χ2v) is 9.16. The molecular formula is C24H23F2N5O3. The van der Waals surface area contributed by atoms with E-state index in [9.17, 15) is 24.0 Å². The molecule has 4 heterocycles. The van der Waals surface area contributed by atoms with E-state index in [1.54, 1.807) is 30.2 Å². The lowest BCUT2D eigenvalue weighted by Gasteiger charge is -2.45. The molecule has 3 aliphatic rings. The van der Waals surface area contributed by atoms with Gasteiger partial charge in [0, 0.05) is 30.1 Å². The van der Waals surface area contributed by atoms with Crippen molar-refractivity contribution in [1.29, 1.82) is 5.26 Å². The molecule has 0 saturated carbocycles. The molecule has 2 atom stereocenters. The number of carbonyl (C=O) groups excluding carboxylic acids is 1. The molecule has 1 amide bonds. The van der Waals surface area contributed by atoms with Gasteiger partial charge >= 0.3 is 5.91 Å². The summed E-state index contributed by atoms with van der Waals surface area (Å²) in [4.78, 5) is 19.5. The number of nitriles is 1. The zero-order chi connectivity index (χ0) is 24.4. The van der Waals surface area contributed by atoms with E-state index in [-0.39, 0.29) is 36.8 Å². The van der Waals surface area contributed by atoms with Crippen molar-refractivity contribution in [3.05, 3.63) is 63.1 Å². The third-order valence-electron chi connectivity index (χ3n) is 6.67. The van der Waals surface area contributed by atoms with Gasteiger partial charge in [-0.2, -0.15) is 5.26 Å². The van der Waals surface area contributed by atoms with Gasteiger partial charge in [-0.15, -0.1) is 0 Å². The van der Waals surface area contributed by atoms with Crippen LogP contribution in [0.4, 0.5) is 20.2 Å². The maximum Gasteiger partial charge on any atom is 0.349 e. The van der Waals surface area contributed by atoms with Crippen LogP contribution in [-0.4, -0.2) is 55.0 Å². The molecule has 1 aromatic heterocycles. The van der Waals surface area contributed by atoms with Crippen LogP contribution < -0.4 is 14.7 Å². The lowest BCUT2D eigenvalue weighted by atomic mass is 9.76. The largest absolute Gasteiger partial charge is 0.620 e. The van der Waals surface area contributed by atoms with Crippen LogP contribution in [0.2, 0.25) is 0 Å². The third kappa shape index (κ3) is 3.36. The number of hydroxylamine groups is 2. The first-order chi connectivity index (χ1) is 16.0. The number of likely N-dealkylation sites (tertiary alicyclic amines) is 1. The summed E-state index contributed by atoms with van der Waals surface area (Å²) < 4.78 is 31.0. The molecule has 0 radical (unpaired) electrons. The Morgan fingerprint density at radius 3 is 2.79 bits per heavy atom.